The molecular formula is C18H18N4O3. The van der Waals surface area contributed by atoms with Gasteiger partial charge in [-0.3, -0.25) is 0 Å². The number of anilines is 1. The van der Waals surface area contributed by atoms with E-state index in [1.165, 1.54) is 6.07 Å². The summed E-state index contributed by atoms with van der Waals surface area (Å²) >= 11 is 0. The third kappa shape index (κ3) is 2.94. The molecule has 1 aliphatic heterocycles. The first-order valence-electron chi connectivity index (χ1n) is 8.16. The summed E-state index contributed by atoms with van der Waals surface area (Å²) < 4.78 is 5.46. The maximum absolute atomic E-state index is 11.5. The summed E-state index contributed by atoms with van der Waals surface area (Å²) in [6.45, 7) is 3.90. The largest absolute Gasteiger partial charge is 0.477 e. The Balaban J connectivity index is 1.82. The van der Waals surface area contributed by atoms with Gasteiger partial charge in [-0.15, -0.1) is 0 Å². The third-order valence-corrected chi connectivity index (χ3v) is 4.41. The van der Waals surface area contributed by atoms with Gasteiger partial charge in [0.25, 0.3) is 0 Å². The molecule has 0 aliphatic carbocycles. The number of benzene rings is 1. The van der Waals surface area contributed by atoms with Crippen molar-refractivity contribution in [2.75, 3.05) is 24.7 Å². The van der Waals surface area contributed by atoms with Crippen LogP contribution in [0.15, 0.2) is 36.5 Å². The molecule has 128 valence electrons. The lowest BCUT2D eigenvalue weighted by Gasteiger charge is -2.34. The van der Waals surface area contributed by atoms with Gasteiger partial charge >= 0.3 is 5.97 Å². The minimum atomic E-state index is -1.06. The number of aromatic nitrogens is 3. The Hall–Kier alpha value is -2.93. The molecule has 0 amide bonds. The van der Waals surface area contributed by atoms with Crippen molar-refractivity contribution in [3.05, 3.63) is 42.2 Å². The first kappa shape index (κ1) is 15.6. The molecule has 2 N–H and O–H groups in total. The van der Waals surface area contributed by atoms with E-state index in [-0.39, 0.29) is 11.7 Å². The Kier molecular flexibility index (Phi) is 3.85. The molecule has 25 heavy (non-hydrogen) atoms. The Labute approximate surface area is 144 Å². The van der Waals surface area contributed by atoms with E-state index in [0.29, 0.717) is 31.4 Å². The van der Waals surface area contributed by atoms with Crippen molar-refractivity contribution in [2.45, 2.75) is 13.0 Å². The summed E-state index contributed by atoms with van der Waals surface area (Å²) in [4.78, 5) is 25.6. The van der Waals surface area contributed by atoms with Crippen molar-refractivity contribution in [3.63, 3.8) is 0 Å². The second kappa shape index (κ2) is 6.18. The average Bonchev–Trinajstić information content (AvgIpc) is 3.09. The fraction of sp³-hybridized carbons (Fsp3) is 0.278. The van der Waals surface area contributed by atoms with Gasteiger partial charge in [-0.1, -0.05) is 0 Å². The summed E-state index contributed by atoms with van der Waals surface area (Å²) in [5.41, 5.74) is 1.80. The molecule has 0 spiro atoms. The zero-order chi connectivity index (χ0) is 17.4. The zero-order valence-corrected chi connectivity index (χ0v) is 13.8. The lowest BCUT2D eigenvalue weighted by atomic mass is 10.1. The predicted molar refractivity (Wildman–Crippen MR) is 93.9 cm³/mol. The molecule has 1 saturated heterocycles. The quantitative estimate of drug-likeness (QED) is 0.762. The lowest BCUT2D eigenvalue weighted by molar-refractivity contribution is 0.0690. The number of fused-ring (bicyclic) bond motifs is 1. The van der Waals surface area contributed by atoms with E-state index in [4.69, 9.17) is 4.74 Å². The maximum atomic E-state index is 11.5. The van der Waals surface area contributed by atoms with E-state index in [1.807, 2.05) is 37.4 Å². The molecule has 0 radical (unpaired) electrons. The predicted octanol–water partition coefficient (Wildman–Crippen LogP) is 2.55. The van der Waals surface area contributed by atoms with Crippen LogP contribution in [-0.2, 0) is 4.74 Å². The van der Waals surface area contributed by atoms with Gasteiger partial charge in [0, 0.05) is 35.3 Å². The number of ether oxygens (including phenoxy) is 1. The number of carboxylic acids is 1. The number of morpholine rings is 1. The SMILES string of the molecule is C[C@H]1COCCN1c1cc(C(=O)O)nc(-c2ccc3[nH]ccc3c2)n1. The van der Waals surface area contributed by atoms with Crippen LogP contribution in [0.3, 0.4) is 0 Å². The number of carboxylic acid groups (broad SMARTS) is 1. The summed E-state index contributed by atoms with van der Waals surface area (Å²) in [7, 11) is 0. The molecule has 3 heterocycles. The highest BCUT2D eigenvalue weighted by molar-refractivity contribution is 5.88. The molecule has 7 nitrogen and oxygen atoms in total. The molecule has 1 aromatic carbocycles. The minimum absolute atomic E-state index is 0.00661. The van der Waals surface area contributed by atoms with Gasteiger partial charge in [0.15, 0.2) is 11.5 Å². The number of H-pyrrole nitrogens is 1. The molecule has 1 fully saturated rings. The van der Waals surface area contributed by atoms with Crippen LogP contribution in [0.4, 0.5) is 5.82 Å². The number of aromatic carboxylic acids is 1. The molecule has 4 rings (SSSR count). The summed E-state index contributed by atoms with van der Waals surface area (Å²) in [5, 5.41) is 10.5. The topological polar surface area (TPSA) is 91.3 Å². The normalized spacial score (nSPS) is 17.8. The van der Waals surface area contributed by atoms with Gasteiger partial charge in [0.1, 0.15) is 5.82 Å². The van der Waals surface area contributed by atoms with Crippen LogP contribution in [0.25, 0.3) is 22.3 Å². The molecular weight excluding hydrogens is 320 g/mol. The monoisotopic (exact) mass is 338 g/mol. The van der Waals surface area contributed by atoms with E-state index in [1.54, 1.807) is 0 Å². The molecule has 0 saturated carbocycles. The highest BCUT2D eigenvalue weighted by atomic mass is 16.5. The van der Waals surface area contributed by atoms with Crippen LogP contribution in [0.2, 0.25) is 0 Å². The van der Waals surface area contributed by atoms with Crippen molar-refractivity contribution in [1.82, 2.24) is 15.0 Å². The Morgan fingerprint density at radius 3 is 3.00 bits per heavy atom. The van der Waals surface area contributed by atoms with E-state index < -0.39 is 5.97 Å². The van der Waals surface area contributed by atoms with Crippen LogP contribution >= 0.6 is 0 Å². The Morgan fingerprint density at radius 1 is 1.32 bits per heavy atom. The van der Waals surface area contributed by atoms with Gasteiger partial charge in [-0.05, 0) is 31.2 Å². The van der Waals surface area contributed by atoms with Crippen LogP contribution in [-0.4, -0.2) is 51.8 Å². The molecule has 2 aromatic heterocycles. The number of aromatic amines is 1. The standard InChI is InChI=1S/C18H18N4O3/c1-11-10-25-7-6-22(11)16-9-15(18(23)24)20-17(21-16)13-2-3-14-12(8-13)4-5-19-14/h2-5,8-9,11,19H,6-7,10H2,1H3,(H,23,24)/t11-/m0/s1. The first-order chi connectivity index (χ1) is 12.1. The lowest BCUT2D eigenvalue weighted by Crippen LogP contribution is -2.44. The minimum Gasteiger partial charge on any atom is -0.477 e. The van der Waals surface area contributed by atoms with Crippen molar-refractivity contribution >= 4 is 22.7 Å². The fourth-order valence-electron chi connectivity index (χ4n) is 3.08. The first-order valence-corrected chi connectivity index (χ1v) is 8.16. The zero-order valence-electron chi connectivity index (χ0n) is 13.8. The van der Waals surface area contributed by atoms with Crippen molar-refractivity contribution in [1.29, 1.82) is 0 Å². The van der Waals surface area contributed by atoms with Crippen molar-refractivity contribution < 1.29 is 14.6 Å². The number of carbonyl (C=O) groups is 1. The number of rotatable bonds is 3. The molecule has 0 bridgehead atoms. The van der Waals surface area contributed by atoms with Crippen LogP contribution in [0.5, 0.6) is 0 Å². The maximum Gasteiger partial charge on any atom is 0.354 e. The van der Waals surface area contributed by atoms with Crippen LogP contribution in [0.1, 0.15) is 17.4 Å². The Bertz CT molecular complexity index is 937. The second-order valence-corrected chi connectivity index (χ2v) is 6.14. The smallest absolute Gasteiger partial charge is 0.354 e. The number of nitrogens with one attached hydrogen (secondary N) is 1. The molecule has 3 aromatic rings. The van der Waals surface area contributed by atoms with E-state index in [2.05, 4.69) is 19.9 Å². The van der Waals surface area contributed by atoms with Gasteiger partial charge in [0.05, 0.1) is 19.3 Å². The summed E-state index contributed by atoms with van der Waals surface area (Å²) in [6.07, 6.45) is 1.86. The number of nitrogens with zero attached hydrogens (tertiary/aromatic N) is 3. The molecule has 1 aliphatic rings. The van der Waals surface area contributed by atoms with Gasteiger partial charge in [0.2, 0.25) is 0 Å². The highest BCUT2D eigenvalue weighted by Gasteiger charge is 2.23. The van der Waals surface area contributed by atoms with Crippen LogP contribution in [0, 0.1) is 0 Å². The van der Waals surface area contributed by atoms with E-state index in [0.717, 1.165) is 16.5 Å². The van der Waals surface area contributed by atoms with Crippen molar-refractivity contribution in [2.24, 2.45) is 0 Å². The average molecular weight is 338 g/mol. The van der Waals surface area contributed by atoms with Gasteiger partial charge in [-0.25, -0.2) is 14.8 Å². The fourth-order valence-corrected chi connectivity index (χ4v) is 3.08. The number of hydrogen-bond donors (Lipinski definition) is 2. The third-order valence-electron chi connectivity index (χ3n) is 4.41. The van der Waals surface area contributed by atoms with Gasteiger partial charge in [-0.2, -0.15) is 0 Å². The summed E-state index contributed by atoms with van der Waals surface area (Å²) in [6, 6.07) is 9.42. The molecule has 0 unspecified atom stereocenters. The second-order valence-electron chi connectivity index (χ2n) is 6.14. The van der Waals surface area contributed by atoms with Gasteiger partial charge < -0.3 is 19.7 Å². The summed E-state index contributed by atoms with van der Waals surface area (Å²) in [5.74, 6) is -0.0300. The molecule has 1 atom stereocenters. The van der Waals surface area contributed by atoms with Crippen molar-refractivity contribution in [3.8, 4) is 11.4 Å². The number of hydrogen-bond acceptors (Lipinski definition) is 5. The van der Waals surface area contributed by atoms with Crippen LogP contribution < -0.4 is 4.90 Å². The van der Waals surface area contributed by atoms with E-state index in [9.17, 15) is 9.90 Å². The molecule has 7 heteroatoms. The Morgan fingerprint density at radius 2 is 2.20 bits per heavy atom. The van der Waals surface area contributed by atoms with E-state index >= 15 is 0 Å². The highest BCUT2D eigenvalue weighted by Crippen LogP contribution is 2.25.